The first-order chi connectivity index (χ1) is 10.3. The topological polar surface area (TPSA) is 57.8 Å². The summed E-state index contributed by atoms with van der Waals surface area (Å²) in [6, 6.07) is 7.80. The Kier molecular flexibility index (Phi) is 3.68. The molecule has 0 aliphatic carbocycles. The summed E-state index contributed by atoms with van der Waals surface area (Å²) in [5, 5.41) is 8.40. The quantitative estimate of drug-likeness (QED) is 0.720. The molecule has 0 aliphatic rings. The van der Waals surface area contributed by atoms with E-state index in [-0.39, 0.29) is 0 Å². The van der Waals surface area contributed by atoms with Crippen LogP contribution in [0.2, 0.25) is 0 Å². The van der Waals surface area contributed by atoms with Crippen molar-refractivity contribution in [3.8, 4) is 17.0 Å². The highest BCUT2D eigenvalue weighted by atomic mass is 16.5. The van der Waals surface area contributed by atoms with Crippen molar-refractivity contribution in [3.05, 3.63) is 48.7 Å². The van der Waals surface area contributed by atoms with Gasteiger partial charge in [0.25, 0.3) is 0 Å². The molecule has 0 unspecified atom stereocenters. The zero-order valence-electron chi connectivity index (χ0n) is 12.1. The third-order valence-electron chi connectivity index (χ3n) is 3.42. The van der Waals surface area contributed by atoms with Crippen molar-refractivity contribution in [2.75, 3.05) is 7.11 Å². The molecule has 0 atom stereocenters. The van der Waals surface area contributed by atoms with Gasteiger partial charge >= 0.3 is 0 Å². The number of hydrogen-bond acceptors (Lipinski definition) is 4. The molecule has 0 spiro atoms. The van der Waals surface area contributed by atoms with Gasteiger partial charge < -0.3 is 9.30 Å². The number of aryl methyl sites for hydroxylation is 3. The third-order valence-corrected chi connectivity index (χ3v) is 3.42. The molecule has 0 radical (unpaired) electrons. The van der Waals surface area contributed by atoms with Crippen LogP contribution in [0.1, 0.15) is 5.82 Å². The Bertz CT molecular complexity index is 731. The monoisotopic (exact) mass is 283 g/mol. The van der Waals surface area contributed by atoms with Gasteiger partial charge in [-0.3, -0.25) is 4.68 Å². The van der Waals surface area contributed by atoms with Crippen LogP contribution in [0, 0.1) is 6.92 Å². The largest absolute Gasteiger partial charge is 0.496 e. The summed E-state index contributed by atoms with van der Waals surface area (Å²) in [4.78, 5) is 4.21. The summed E-state index contributed by atoms with van der Waals surface area (Å²) in [5.74, 6) is 1.80. The first-order valence-corrected chi connectivity index (χ1v) is 6.79. The van der Waals surface area contributed by atoms with Crippen molar-refractivity contribution in [2.45, 2.75) is 20.0 Å². The van der Waals surface area contributed by atoms with Gasteiger partial charge in [-0.15, -0.1) is 5.10 Å². The average molecular weight is 283 g/mol. The molecular formula is C15H17N5O. The van der Waals surface area contributed by atoms with Gasteiger partial charge in [-0.05, 0) is 19.1 Å². The number of para-hydroxylation sites is 1. The van der Waals surface area contributed by atoms with Crippen molar-refractivity contribution < 1.29 is 4.74 Å². The van der Waals surface area contributed by atoms with Crippen LogP contribution >= 0.6 is 0 Å². The first kappa shape index (κ1) is 13.4. The van der Waals surface area contributed by atoms with Gasteiger partial charge in [0, 0.05) is 24.5 Å². The lowest BCUT2D eigenvalue weighted by atomic mass is 10.1. The van der Waals surface area contributed by atoms with Crippen LogP contribution in [-0.2, 0) is 13.1 Å². The van der Waals surface area contributed by atoms with Crippen LogP contribution in [-0.4, -0.2) is 31.7 Å². The first-order valence-electron chi connectivity index (χ1n) is 6.79. The minimum Gasteiger partial charge on any atom is -0.496 e. The van der Waals surface area contributed by atoms with Crippen LogP contribution in [0.15, 0.2) is 42.9 Å². The van der Waals surface area contributed by atoms with Crippen LogP contribution in [0.4, 0.5) is 0 Å². The number of rotatable bonds is 5. The molecule has 0 saturated carbocycles. The second-order valence-electron chi connectivity index (χ2n) is 4.73. The molecule has 0 fully saturated rings. The molecule has 0 bridgehead atoms. The number of benzene rings is 1. The van der Waals surface area contributed by atoms with E-state index in [4.69, 9.17) is 4.74 Å². The fraction of sp³-hybridized carbons (Fsp3) is 0.267. The second kappa shape index (κ2) is 5.78. The normalized spacial score (nSPS) is 10.8. The van der Waals surface area contributed by atoms with Gasteiger partial charge in [-0.2, -0.15) is 0 Å². The van der Waals surface area contributed by atoms with Crippen LogP contribution < -0.4 is 4.74 Å². The number of hydrogen-bond donors (Lipinski definition) is 0. The Morgan fingerprint density at radius 1 is 1.19 bits per heavy atom. The standard InChI is InChI=1S/C15H17N5O/c1-12-16-7-8-19(12)9-10-20-11-14(17-18-20)13-5-3-4-6-15(13)21-2/h3-8,11H,9-10H2,1-2H3. The van der Waals surface area contributed by atoms with Gasteiger partial charge in [-0.1, -0.05) is 17.3 Å². The second-order valence-corrected chi connectivity index (χ2v) is 4.73. The Morgan fingerprint density at radius 2 is 2.05 bits per heavy atom. The highest BCUT2D eigenvalue weighted by Gasteiger charge is 2.09. The van der Waals surface area contributed by atoms with Gasteiger partial charge in [0.15, 0.2) is 0 Å². The Morgan fingerprint density at radius 3 is 2.81 bits per heavy atom. The molecule has 6 heteroatoms. The Balaban J connectivity index is 1.76. The van der Waals surface area contributed by atoms with E-state index in [0.717, 1.165) is 35.9 Å². The number of imidazole rings is 1. The lowest BCUT2D eigenvalue weighted by Crippen LogP contribution is -2.08. The fourth-order valence-corrected chi connectivity index (χ4v) is 2.24. The maximum Gasteiger partial charge on any atom is 0.128 e. The molecule has 0 N–H and O–H groups in total. The van der Waals surface area contributed by atoms with Gasteiger partial charge in [0.2, 0.25) is 0 Å². The maximum absolute atomic E-state index is 5.35. The summed E-state index contributed by atoms with van der Waals surface area (Å²) in [6.07, 6.45) is 5.70. The molecule has 0 aliphatic heterocycles. The lowest BCUT2D eigenvalue weighted by Gasteiger charge is -2.05. The molecule has 2 aromatic heterocycles. The van der Waals surface area contributed by atoms with E-state index in [9.17, 15) is 0 Å². The highest BCUT2D eigenvalue weighted by molar-refractivity contribution is 5.65. The van der Waals surface area contributed by atoms with E-state index in [0.29, 0.717) is 0 Å². The van der Waals surface area contributed by atoms with Crippen molar-refractivity contribution >= 4 is 0 Å². The predicted molar refractivity (Wildman–Crippen MR) is 79.0 cm³/mol. The van der Waals surface area contributed by atoms with Crippen molar-refractivity contribution in [1.29, 1.82) is 0 Å². The number of aromatic nitrogens is 5. The smallest absolute Gasteiger partial charge is 0.128 e. The van der Waals surface area contributed by atoms with Crippen molar-refractivity contribution in [2.24, 2.45) is 0 Å². The van der Waals surface area contributed by atoms with Crippen molar-refractivity contribution in [3.63, 3.8) is 0 Å². The van der Waals surface area contributed by atoms with Gasteiger partial charge in [0.1, 0.15) is 17.3 Å². The molecule has 6 nitrogen and oxygen atoms in total. The van der Waals surface area contributed by atoms with E-state index >= 15 is 0 Å². The molecule has 2 heterocycles. The van der Waals surface area contributed by atoms with E-state index in [2.05, 4.69) is 19.9 Å². The third kappa shape index (κ3) is 2.79. The maximum atomic E-state index is 5.35. The van der Waals surface area contributed by atoms with Crippen LogP contribution in [0.3, 0.4) is 0 Å². The fourth-order valence-electron chi connectivity index (χ4n) is 2.24. The minimum absolute atomic E-state index is 0.749. The summed E-state index contributed by atoms with van der Waals surface area (Å²) >= 11 is 0. The lowest BCUT2D eigenvalue weighted by molar-refractivity contribution is 0.416. The Hall–Kier alpha value is -2.63. The molecule has 3 rings (SSSR count). The number of ether oxygens (including phenoxy) is 1. The van der Waals surface area contributed by atoms with Crippen molar-refractivity contribution in [1.82, 2.24) is 24.5 Å². The molecule has 3 aromatic rings. The zero-order valence-corrected chi connectivity index (χ0v) is 12.1. The molecule has 21 heavy (non-hydrogen) atoms. The number of nitrogens with zero attached hydrogens (tertiary/aromatic N) is 5. The van der Waals surface area contributed by atoms with Crippen LogP contribution in [0.25, 0.3) is 11.3 Å². The minimum atomic E-state index is 0.749. The van der Waals surface area contributed by atoms with E-state index in [1.54, 1.807) is 13.3 Å². The zero-order chi connectivity index (χ0) is 14.7. The summed E-state index contributed by atoms with van der Waals surface area (Å²) in [7, 11) is 1.66. The molecular weight excluding hydrogens is 266 g/mol. The SMILES string of the molecule is COc1ccccc1-c1cn(CCn2ccnc2C)nn1. The van der Waals surface area contributed by atoms with Gasteiger partial charge in [-0.25, -0.2) is 4.98 Å². The highest BCUT2D eigenvalue weighted by Crippen LogP contribution is 2.27. The average Bonchev–Trinajstić information content (AvgIpc) is 3.14. The number of methoxy groups -OCH3 is 1. The summed E-state index contributed by atoms with van der Waals surface area (Å²) in [6.45, 7) is 3.56. The van der Waals surface area contributed by atoms with Gasteiger partial charge in [0.05, 0.1) is 19.9 Å². The molecule has 0 saturated heterocycles. The van der Waals surface area contributed by atoms with Crippen LogP contribution in [0.5, 0.6) is 5.75 Å². The van der Waals surface area contributed by atoms with E-state index < -0.39 is 0 Å². The van der Waals surface area contributed by atoms with E-state index in [1.807, 2.05) is 48.3 Å². The molecule has 1 aromatic carbocycles. The molecule has 0 amide bonds. The summed E-state index contributed by atoms with van der Waals surface area (Å²) < 4.78 is 9.28. The Labute approximate surface area is 123 Å². The predicted octanol–water partition coefficient (Wildman–Crippen LogP) is 2.16. The summed E-state index contributed by atoms with van der Waals surface area (Å²) in [5.41, 5.74) is 1.76. The van der Waals surface area contributed by atoms with E-state index in [1.165, 1.54) is 0 Å². The molecule has 108 valence electrons.